The van der Waals surface area contributed by atoms with E-state index >= 15 is 0 Å². The van der Waals surface area contributed by atoms with Crippen LogP contribution < -0.4 is 10.9 Å². The Morgan fingerprint density at radius 2 is 1.56 bits per heavy atom. The standard InChI is InChI=1S/C22H22N4O4S2/c1-15-19(31-22(23-15)17-7-3-2-4-8-17)21(28)25-24-20(27)16-9-11-18(12-10-16)32(29,30)26-13-5-6-14-26/h2-4,7-12H,5-6,13-14H2,1H3,(H,24,27)(H,25,28). The van der Waals surface area contributed by atoms with Gasteiger partial charge in [0.15, 0.2) is 0 Å². The average Bonchev–Trinajstić information content (AvgIpc) is 3.48. The van der Waals surface area contributed by atoms with Crippen LogP contribution in [0.2, 0.25) is 0 Å². The number of carbonyl (C=O) groups is 2. The first-order valence-electron chi connectivity index (χ1n) is 10.1. The molecule has 1 fully saturated rings. The molecule has 10 heteroatoms. The van der Waals surface area contributed by atoms with Crippen molar-refractivity contribution in [3.05, 3.63) is 70.7 Å². The third-order valence-electron chi connectivity index (χ3n) is 5.13. The van der Waals surface area contributed by atoms with Gasteiger partial charge in [0.05, 0.1) is 10.6 Å². The Balaban J connectivity index is 1.40. The largest absolute Gasteiger partial charge is 0.281 e. The zero-order valence-corrected chi connectivity index (χ0v) is 19.0. The molecule has 1 aliphatic rings. The number of hydrogen-bond donors (Lipinski definition) is 2. The second-order valence-corrected chi connectivity index (χ2v) is 10.3. The fourth-order valence-corrected chi connectivity index (χ4v) is 5.89. The van der Waals surface area contributed by atoms with Crippen LogP contribution in [0.15, 0.2) is 59.5 Å². The summed E-state index contributed by atoms with van der Waals surface area (Å²) >= 11 is 1.24. The Bertz CT molecular complexity index is 1230. The number of sulfonamides is 1. The molecule has 0 unspecified atom stereocenters. The molecule has 4 rings (SSSR count). The van der Waals surface area contributed by atoms with Gasteiger partial charge in [-0.25, -0.2) is 13.4 Å². The molecule has 0 bridgehead atoms. The van der Waals surface area contributed by atoms with Crippen molar-refractivity contribution < 1.29 is 18.0 Å². The molecule has 0 spiro atoms. The van der Waals surface area contributed by atoms with E-state index in [4.69, 9.17) is 0 Å². The zero-order chi connectivity index (χ0) is 22.7. The molecule has 2 amide bonds. The lowest BCUT2D eigenvalue weighted by Gasteiger charge is -2.15. The van der Waals surface area contributed by atoms with Gasteiger partial charge in [-0.05, 0) is 44.0 Å². The van der Waals surface area contributed by atoms with E-state index in [0.29, 0.717) is 23.7 Å². The van der Waals surface area contributed by atoms with Gasteiger partial charge in [0.2, 0.25) is 10.0 Å². The normalized spacial score (nSPS) is 14.3. The van der Waals surface area contributed by atoms with Gasteiger partial charge < -0.3 is 0 Å². The molecule has 32 heavy (non-hydrogen) atoms. The molecular formula is C22H22N4O4S2. The van der Waals surface area contributed by atoms with Crippen LogP contribution in [0.4, 0.5) is 0 Å². The Kier molecular flexibility index (Phi) is 6.35. The third-order valence-corrected chi connectivity index (χ3v) is 8.25. The fourth-order valence-electron chi connectivity index (χ4n) is 3.41. The molecule has 166 valence electrons. The summed E-state index contributed by atoms with van der Waals surface area (Å²) < 4.78 is 26.6. The maximum absolute atomic E-state index is 12.6. The van der Waals surface area contributed by atoms with Crippen molar-refractivity contribution >= 4 is 33.2 Å². The number of hydrogen-bond acceptors (Lipinski definition) is 6. The highest BCUT2D eigenvalue weighted by Crippen LogP contribution is 2.27. The van der Waals surface area contributed by atoms with Crippen LogP contribution >= 0.6 is 11.3 Å². The monoisotopic (exact) mass is 470 g/mol. The summed E-state index contributed by atoms with van der Waals surface area (Å²) in [5.74, 6) is -1.02. The average molecular weight is 471 g/mol. The molecule has 0 saturated carbocycles. The predicted octanol–water partition coefficient (Wildman–Crippen LogP) is 2.98. The van der Waals surface area contributed by atoms with Gasteiger partial charge in [0.1, 0.15) is 9.88 Å². The summed E-state index contributed by atoms with van der Waals surface area (Å²) in [5.41, 5.74) is 6.47. The first kappa shape index (κ1) is 22.1. The van der Waals surface area contributed by atoms with Crippen molar-refractivity contribution in [2.24, 2.45) is 0 Å². The first-order valence-corrected chi connectivity index (χ1v) is 12.4. The first-order chi connectivity index (χ1) is 15.4. The molecule has 1 aliphatic heterocycles. The summed E-state index contributed by atoms with van der Waals surface area (Å²) in [6.07, 6.45) is 1.71. The highest BCUT2D eigenvalue weighted by atomic mass is 32.2. The number of rotatable bonds is 5. The molecule has 2 N–H and O–H groups in total. The number of carbonyl (C=O) groups excluding carboxylic acids is 2. The van der Waals surface area contributed by atoms with Gasteiger partial charge in [-0.15, -0.1) is 11.3 Å². The topological polar surface area (TPSA) is 108 Å². The fraction of sp³-hybridized carbons (Fsp3) is 0.227. The quantitative estimate of drug-likeness (QED) is 0.558. The molecule has 0 atom stereocenters. The molecule has 2 heterocycles. The van der Waals surface area contributed by atoms with Crippen LogP contribution in [0.25, 0.3) is 10.6 Å². The molecule has 8 nitrogen and oxygen atoms in total. The number of aromatic nitrogens is 1. The Hall–Kier alpha value is -3.08. The lowest BCUT2D eigenvalue weighted by molar-refractivity contribution is 0.0848. The van der Waals surface area contributed by atoms with E-state index in [1.54, 1.807) is 6.92 Å². The van der Waals surface area contributed by atoms with Crippen molar-refractivity contribution in [1.29, 1.82) is 0 Å². The maximum atomic E-state index is 12.6. The van der Waals surface area contributed by atoms with Crippen LogP contribution in [-0.4, -0.2) is 42.6 Å². The van der Waals surface area contributed by atoms with Crippen LogP contribution in [-0.2, 0) is 10.0 Å². The number of benzene rings is 2. The zero-order valence-electron chi connectivity index (χ0n) is 17.4. The maximum Gasteiger partial charge on any atom is 0.281 e. The second kappa shape index (κ2) is 9.19. The smallest absolute Gasteiger partial charge is 0.267 e. The van der Waals surface area contributed by atoms with Crippen LogP contribution in [0.3, 0.4) is 0 Å². The molecule has 0 aliphatic carbocycles. The Morgan fingerprint density at radius 3 is 2.22 bits per heavy atom. The highest BCUT2D eigenvalue weighted by Gasteiger charge is 2.27. The SMILES string of the molecule is Cc1nc(-c2ccccc2)sc1C(=O)NNC(=O)c1ccc(S(=O)(=O)N2CCCC2)cc1. The molecular weight excluding hydrogens is 448 g/mol. The number of nitrogens with zero attached hydrogens (tertiary/aromatic N) is 2. The predicted molar refractivity (Wildman–Crippen MR) is 122 cm³/mol. The Labute approximate surface area is 190 Å². The van der Waals surface area contributed by atoms with E-state index in [9.17, 15) is 18.0 Å². The molecule has 3 aromatic rings. The van der Waals surface area contributed by atoms with Crippen LogP contribution in [0, 0.1) is 6.92 Å². The van der Waals surface area contributed by atoms with E-state index in [1.807, 2.05) is 30.3 Å². The number of thiazole rings is 1. The van der Waals surface area contributed by atoms with Gasteiger partial charge in [-0.3, -0.25) is 20.4 Å². The molecule has 2 aromatic carbocycles. The number of aryl methyl sites for hydroxylation is 1. The number of amides is 2. The van der Waals surface area contributed by atoms with E-state index in [-0.39, 0.29) is 10.5 Å². The number of hydrazine groups is 1. The Morgan fingerprint density at radius 1 is 0.938 bits per heavy atom. The molecule has 1 aromatic heterocycles. The summed E-state index contributed by atoms with van der Waals surface area (Å²) in [4.78, 5) is 29.9. The minimum atomic E-state index is -3.54. The van der Waals surface area contributed by atoms with E-state index in [1.165, 1.54) is 39.9 Å². The van der Waals surface area contributed by atoms with Crippen molar-refractivity contribution in [2.45, 2.75) is 24.7 Å². The van der Waals surface area contributed by atoms with Crippen molar-refractivity contribution in [3.8, 4) is 10.6 Å². The van der Waals surface area contributed by atoms with Crippen molar-refractivity contribution in [2.75, 3.05) is 13.1 Å². The molecule has 1 saturated heterocycles. The summed E-state index contributed by atoms with van der Waals surface area (Å²) in [6.45, 7) is 2.76. The van der Waals surface area contributed by atoms with E-state index in [0.717, 1.165) is 23.4 Å². The van der Waals surface area contributed by atoms with Gasteiger partial charge in [0, 0.05) is 24.2 Å². The molecule has 0 radical (unpaired) electrons. The minimum absolute atomic E-state index is 0.147. The summed E-state index contributed by atoms with van der Waals surface area (Å²) in [5, 5.41) is 0.717. The minimum Gasteiger partial charge on any atom is -0.267 e. The second-order valence-electron chi connectivity index (χ2n) is 7.34. The van der Waals surface area contributed by atoms with Crippen LogP contribution in [0.5, 0.6) is 0 Å². The van der Waals surface area contributed by atoms with Gasteiger partial charge in [-0.1, -0.05) is 30.3 Å². The van der Waals surface area contributed by atoms with Gasteiger partial charge in [-0.2, -0.15) is 4.31 Å². The van der Waals surface area contributed by atoms with Crippen LogP contribution in [0.1, 0.15) is 38.6 Å². The summed E-state index contributed by atoms with van der Waals surface area (Å²) in [7, 11) is -3.54. The number of nitrogens with one attached hydrogen (secondary N) is 2. The lowest BCUT2D eigenvalue weighted by atomic mass is 10.2. The summed E-state index contributed by atoms with van der Waals surface area (Å²) in [6, 6.07) is 15.2. The third kappa shape index (κ3) is 4.57. The van der Waals surface area contributed by atoms with Gasteiger partial charge in [0.25, 0.3) is 11.8 Å². The van der Waals surface area contributed by atoms with E-state index in [2.05, 4.69) is 15.8 Å². The lowest BCUT2D eigenvalue weighted by Crippen LogP contribution is -2.41. The van der Waals surface area contributed by atoms with Gasteiger partial charge >= 0.3 is 0 Å². The van der Waals surface area contributed by atoms with Crippen molar-refractivity contribution in [3.63, 3.8) is 0 Å². The highest BCUT2D eigenvalue weighted by molar-refractivity contribution is 7.89. The van der Waals surface area contributed by atoms with E-state index < -0.39 is 21.8 Å². The van der Waals surface area contributed by atoms with Crippen molar-refractivity contribution in [1.82, 2.24) is 20.1 Å².